The van der Waals surface area contributed by atoms with Gasteiger partial charge in [-0.1, -0.05) is 19.4 Å². The molecule has 0 spiro atoms. The number of ketones is 1. The molecule has 0 N–H and O–H groups in total. The second kappa shape index (κ2) is 4.97. The first-order chi connectivity index (χ1) is 8.50. The molecule has 96 valence electrons. The zero-order chi connectivity index (χ0) is 13.2. The fourth-order valence-corrected chi connectivity index (χ4v) is 2.79. The fraction of sp³-hybridized carbons (Fsp3) is 0.438. The summed E-state index contributed by atoms with van der Waals surface area (Å²) < 4.78 is 4.98. The van der Waals surface area contributed by atoms with E-state index in [1.807, 2.05) is 12.1 Å². The molecule has 0 aromatic carbocycles. The summed E-state index contributed by atoms with van der Waals surface area (Å²) in [5, 5.41) is 0. The topological polar surface area (TPSA) is 30.2 Å². The summed E-state index contributed by atoms with van der Waals surface area (Å²) in [7, 11) is 0. The average Bonchev–Trinajstić information content (AvgIpc) is 2.77. The minimum Gasteiger partial charge on any atom is -0.472 e. The number of rotatable bonds is 3. The van der Waals surface area contributed by atoms with Gasteiger partial charge in [-0.2, -0.15) is 0 Å². The Kier molecular flexibility index (Phi) is 3.55. The summed E-state index contributed by atoms with van der Waals surface area (Å²) in [6.07, 6.45) is 10.0. The molecule has 1 aliphatic carbocycles. The monoisotopic (exact) mass is 244 g/mol. The second-order valence-electron chi connectivity index (χ2n) is 5.65. The summed E-state index contributed by atoms with van der Waals surface area (Å²) in [5.74, 6) is 0.137. The van der Waals surface area contributed by atoms with Crippen molar-refractivity contribution in [1.29, 1.82) is 0 Å². The van der Waals surface area contributed by atoms with Gasteiger partial charge in [-0.3, -0.25) is 4.79 Å². The normalized spacial score (nSPS) is 19.5. The van der Waals surface area contributed by atoms with Gasteiger partial charge in [0, 0.05) is 11.1 Å². The van der Waals surface area contributed by atoms with E-state index in [1.165, 1.54) is 12.0 Å². The molecule has 2 nitrogen and oxygen atoms in total. The molecule has 2 rings (SSSR count). The predicted octanol–water partition coefficient (Wildman–Crippen LogP) is 4.39. The van der Waals surface area contributed by atoms with Gasteiger partial charge in [0.2, 0.25) is 0 Å². The lowest BCUT2D eigenvalue weighted by Gasteiger charge is -2.32. The Morgan fingerprint density at radius 3 is 2.83 bits per heavy atom. The van der Waals surface area contributed by atoms with E-state index in [1.54, 1.807) is 18.6 Å². The molecule has 0 aliphatic heterocycles. The molecule has 0 radical (unpaired) electrons. The van der Waals surface area contributed by atoms with Gasteiger partial charge in [-0.05, 0) is 49.8 Å². The van der Waals surface area contributed by atoms with Crippen LogP contribution < -0.4 is 0 Å². The SMILES string of the molecule is CC1=C(C(=O)/C=C/c2ccoc2)C(C)(C)CCC1. The van der Waals surface area contributed by atoms with Gasteiger partial charge in [0.1, 0.15) is 0 Å². The van der Waals surface area contributed by atoms with Crippen LogP contribution in [-0.2, 0) is 4.79 Å². The van der Waals surface area contributed by atoms with Crippen molar-refractivity contribution >= 4 is 11.9 Å². The first-order valence-electron chi connectivity index (χ1n) is 6.45. The van der Waals surface area contributed by atoms with E-state index in [4.69, 9.17) is 4.42 Å². The van der Waals surface area contributed by atoms with Crippen LogP contribution in [0.4, 0.5) is 0 Å². The highest BCUT2D eigenvalue weighted by Gasteiger charge is 2.31. The summed E-state index contributed by atoms with van der Waals surface area (Å²) in [5.41, 5.74) is 3.16. The van der Waals surface area contributed by atoms with Gasteiger partial charge in [0.05, 0.1) is 12.5 Å². The maximum atomic E-state index is 12.3. The van der Waals surface area contributed by atoms with Crippen molar-refractivity contribution in [2.45, 2.75) is 40.0 Å². The molecule has 0 unspecified atom stereocenters. The lowest BCUT2D eigenvalue weighted by molar-refractivity contribution is -0.112. The predicted molar refractivity (Wildman–Crippen MR) is 73.1 cm³/mol. The maximum Gasteiger partial charge on any atom is 0.182 e. The first-order valence-corrected chi connectivity index (χ1v) is 6.45. The summed E-state index contributed by atoms with van der Waals surface area (Å²) in [6.45, 7) is 6.41. The molecule has 0 bridgehead atoms. The first kappa shape index (κ1) is 12.9. The summed E-state index contributed by atoms with van der Waals surface area (Å²) in [6, 6.07) is 1.84. The Morgan fingerprint density at radius 1 is 1.44 bits per heavy atom. The molecule has 1 aliphatic rings. The van der Waals surface area contributed by atoms with E-state index in [9.17, 15) is 4.79 Å². The zero-order valence-corrected chi connectivity index (χ0v) is 11.3. The summed E-state index contributed by atoms with van der Waals surface area (Å²) in [4.78, 5) is 12.3. The van der Waals surface area contributed by atoms with Crippen LogP contribution in [0.25, 0.3) is 6.08 Å². The van der Waals surface area contributed by atoms with Crippen LogP contribution in [0, 0.1) is 5.41 Å². The lowest BCUT2D eigenvalue weighted by atomic mass is 9.71. The molecular weight excluding hydrogens is 224 g/mol. The molecule has 0 fully saturated rings. The number of carbonyl (C=O) groups excluding carboxylic acids is 1. The Morgan fingerprint density at radius 2 is 2.22 bits per heavy atom. The smallest absolute Gasteiger partial charge is 0.182 e. The zero-order valence-electron chi connectivity index (χ0n) is 11.3. The molecule has 1 aromatic heterocycles. The number of carbonyl (C=O) groups is 1. The highest BCUT2D eigenvalue weighted by Crippen LogP contribution is 2.40. The van der Waals surface area contributed by atoms with E-state index in [0.717, 1.165) is 24.0 Å². The second-order valence-corrected chi connectivity index (χ2v) is 5.65. The Hall–Kier alpha value is -1.57. The molecule has 0 saturated heterocycles. The quantitative estimate of drug-likeness (QED) is 0.738. The Bertz CT molecular complexity index is 487. The molecular formula is C16H20O2. The van der Waals surface area contributed by atoms with Crippen molar-refractivity contribution < 1.29 is 9.21 Å². The fourth-order valence-electron chi connectivity index (χ4n) is 2.79. The molecule has 2 heteroatoms. The van der Waals surface area contributed by atoms with Crippen molar-refractivity contribution in [3.63, 3.8) is 0 Å². The minimum atomic E-state index is 0.000152. The summed E-state index contributed by atoms with van der Waals surface area (Å²) >= 11 is 0. The van der Waals surface area contributed by atoms with Gasteiger partial charge < -0.3 is 4.42 Å². The standard InChI is InChI=1S/C16H20O2/c1-12-5-4-9-16(2,3)15(12)14(17)7-6-13-8-10-18-11-13/h6-8,10-11H,4-5,9H2,1-3H3/b7-6+. The Labute approximate surface area is 108 Å². The van der Waals surface area contributed by atoms with Gasteiger partial charge in [-0.15, -0.1) is 0 Å². The Balaban J connectivity index is 2.22. The van der Waals surface area contributed by atoms with Crippen LogP contribution in [0.3, 0.4) is 0 Å². The van der Waals surface area contributed by atoms with E-state index >= 15 is 0 Å². The van der Waals surface area contributed by atoms with Crippen molar-refractivity contribution in [3.05, 3.63) is 41.4 Å². The molecule has 18 heavy (non-hydrogen) atoms. The number of hydrogen-bond donors (Lipinski definition) is 0. The van der Waals surface area contributed by atoms with E-state index in [0.29, 0.717) is 0 Å². The van der Waals surface area contributed by atoms with Crippen molar-refractivity contribution in [2.24, 2.45) is 5.41 Å². The van der Waals surface area contributed by atoms with Crippen LogP contribution in [0.15, 0.2) is 40.2 Å². The van der Waals surface area contributed by atoms with Crippen LogP contribution in [0.1, 0.15) is 45.6 Å². The minimum absolute atomic E-state index is 0.000152. The van der Waals surface area contributed by atoms with Gasteiger partial charge in [0.25, 0.3) is 0 Å². The van der Waals surface area contributed by atoms with Crippen molar-refractivity contribution in [1.82, 2.24) is 0 Å². The largest absolute Gasteiger partial charge is 0.472 e. The number of allylic oxidation sites excluding steroid dienone is 3. The maximum absolute atomic E-state index is 12.3. The molecule has 0 saturated carbocycles. The van der Waals surface area contributed by atoms with Gasteiger partial charge >= 0.3 is 0 Å². The van der Waals surface area contributed by atoms with E-state index in [-0.39, 0.29) is 11.2 Å². The van der Waals surface area contributed by atoms with E-state index in [2.05, 4.69) is 20.8 Å². The highest BCUT2D eigenvalue weighted by atomic mass is 16.3. The van der Waals surface area contributed by atoms with Crippen LogP contribution in [0.2, 0.25) is 0 Å². The van der Waals surface area contributed by atoms with Crippen LogP contribution in [0.5, 0.6) is 0 Å². The molecule has 0 amide bonds. The third-order valence-corrected chi connectivity index (χ3v) is 3.67. The number of hydrogen-bond acceptors (Lipinski definition) is 2. The molecule has 1 aromatic rings. The van der Waals surface area contributed by atoms with Crippen LogP contribution >= 0.6 is 0 Å². The van der Waals surface area contributed by atoms with Gasteiger partial charge in [0.15, 0.2) is 5.78 Å². The third-order valence-electron chi connectivity index (χ3n) is 3.67. The van der Waals surface area contributed by atoms with Gasteiger partial charge in [-0.25, -0.2) is 0 Å². The molecule has 0 atom stereocenters. The third kappa shape index (κ3) is 2.63. The number of furan rings is 1. The molecule has 1 heterocycles. The lowest BCUT2D eigenvalue weighted by Crippen LogP contribution is -2.25. The van der Waals surface area contributed by atoms with Crippen molar-refractivity contribution in [3.8, 4) is 0 Å². The average molecular weight is 244 g/mol. The van der Waals surface area contributed by atoms with E-state index < -0.39 is 0 Å². The highest BCUT2D eigenvalue weighted by molar-refractivity contribution is 6.07. The van der Waals surface area contributed by atoms with Crippen molar-refractivity contribution in [2.75, 3.05) is 0 Å². The van der Waals surface area contributed by atoms with Crippen LogP contribution in [-0.4, -0.2) is 5.78 Å².